The van der Waals surface area contributed by atoms with Gasteiger partial charge in [-0.25, -0.2) is 0 Å². The van der Waals surface area contributed by atoms with Gasteiger partial charge in [-0.15, -0.1) is 0 Å². The third-order valence-electron chi connectivity index (χ3n) is 8.60. The molecule has 1 N–H and O–H groups in total. The van der Waals surface area contributed by atoms with Crippen LogP contribution in [0.3, 0.4) is 0 Å². The number of allylic oxidation sites excluding steroid dienone is 6. The van der Waals surface area contributed by atoms with Gasteiger partial charge in [0.25, 0.3) is 0 Å². The first-order valence-corrected chi connectivity index (χ1v) is 10.5. The van der Waals surface area contributed by atoms with Crippen LogP contribution in [-0.2, 0) is 9.59 Å². The van der Waals surface area contributed by atoms with Crippen molar-refractivity contribution in [1.29, 1.82) is 0 Å². The van der Waals surface area contributed by atoms with Gasteiger partial charge in [0.1, 0.15) is 5.60 Å². The van der Waals surface area contributed by atoms with Crippen molar-refractivity contribution in [3.05, 3.63) is 35.5 Å². The van der Waals surface area contributed by atoms with Crippen LogP contribution >= 0.6 is 0 Å². The molecule has 0 bridgehead atoms. The number of rotatable bonds is 2. The van der Waals surface area contributed by atoms with E-state index < -0.39 is 11.0 Å². The predicted octanol–water partition coefficient (Wildman–Crippen LogP) is 4.42. The number of Topliss-reactive ketones (excluding diaryl/α,β-unsaturated/α-hetero) is 1. The highest BCUT2D eigenvalue weighted by Gasteiger charge is 2.67. The Balaban J connectivity index is 1.82. The number of hydrogen-bond donors (Lipinski definition) is 1. The topological polar surface area (TPSA) is 54.4 Å². The lowest BCUT2D eigenvalue weighted by atomic mass is 9.49. The van der Waals surface area contributed by atoms with Crippen LogP contribution in [0.2, 0.25) is 0 Å². The van der Waals surface area contributed by atoms with Gasteiger partial charge in [0.15, 0.2) is 11.6 Å². The fourth-order valence-electron chi connectivity index (χ4n) is 7.13. The Bertz CT molecular complexity index is 802. The Hall–Kier alpha value is -1.48. The molecule has 0 spiro atoms. The molecule has 4 aliphatic rings. The van der Waals surface area contributed by atoms with Crippen LogP contribution in [0.25, 0.3) is 0 Å². The first-order valence-electron chi connectivity index (χ1n) is 10.5. The van der Waals surface area contributed by atoms with Crippen molar-refractivity contribution in [1.82, 2.24) is 0 Å². The Kier molecular flexibility index (Phi) is 4.03. The zero-order valence-corrected chi connectivity index (χ0v) is 17.2. The predicted molar refractivity (Wildman–Crippen MR) is 106 cm³/mol. The van der Waals surface area contributed by atoms with Gasteiger partial charge in [-0.3, -0.25) is 9.59 Å². The minimum absolute atomic E-state index is 0.00402. The molecule has 7 atom stereocenters. The summed E-state index contributed by atoms with van der Waals surface area (Å²) in [6.45, 7) is 10.5. The highest BCUT2D eigenvalue weighted by atomic mass is 16.3. The molecule has 3 heteroatoms. The molecule has 2 saturated carbocycles. The minimum Gasteiger partial charge on any atom is -0.381 e. The second-order valence-corrected chi connectivity index (χ2v) is 9.85. The maximum atomic E-state index is 12.8. The van der Waals surface area contributed by atoms with E-state index in [1.54, 1.807) is 6.08 Å². The largest absolute Gasteiger partial charge is 0.381 e. The second-order valence-electron chi connectivity index (χ2n) is 9.85. The maximum Gasteiger partial charge on any atom is 0.178 e. The van der Waals surface area contributed by atoms with E-state index in [0.717, 1.165) is 19.3 Å². The highest BCUT2D eigenvalue weighted by molar-refractivity contribution is 6.01. The molecule has 146 valence electrons. The van der Waals surface area contributed by atoms with Crippen molar-refractivity contribution >= 4 is 11.6 Å². The zero-order chi connectivity index (χ0) is 19.8. The number of hydrogen-bond acceptors (Lipinski definition) is 3. The van der Waals surface area contributed by atoms with Crippen LogP contribution in [0, 0.1) is 34.5 Å². The van der Waals surface area contributed by atoms with Crippen molar-refractivity contribution in [3.63, 3.8) is 0 Å². The number of carbonyl (C=O) groups is 2. The van der Waals surface area contributed by atoms with Crippen LogP contribution < -0.4 is 0 Å². The molecule has 2 fully saturated rings. The van der Waals surface area contributed by atoms with Crippen molar-refractivity contribution in [2.75, 3.05) is 0 Å². The number of aliphatic hydroxyl groups is 1. The van der Waals surface area contributed by atoms with E-state index in [-0.39, 0.29) is 22.9 Å². The summed E-state index contributed by atoms with van der Waals surface area (Å²) in [7, 11) is 0. The molecular formula is C24H32O3. The molecular weight excluding hydrogens is 336 g/mol. The van der Waals surface area contributed by atoms with Crippen LogP contribution in [0.4, 0.5) is 0 Å². The first kappa shape index (κ1) is 18.9. The molecule has 0 radical (unpaired) electrons. The molecule has 4 rings (SSSR count). The molecule has 0 aromatic heterocycles. The molecule has 0 saturated heterocycles. The van der Waals surface area contributed by atoms with E-state index in [4.69, 9.17) is 0 Å². The van der Waals surface area contributed by atoms with Crippen molar-refractivity contribution in [2.45, 2.75) is 65.9 Å². The molecule has 27 heavy (non-hydrogen) atoms. The summed E-state index contributed by atoms with van der Waals surface area (Å²) in [5.41, 5.74) is 0.799. The van der Waals surface area contributed by atoms with Crippen molar-refractivity contribution < 1.29 is 14.7 Å². The van der Waals surface area contributed by atoms with Crippen LogP contribution in [0.5, 0.6) is 0 Å². The summed E-state index contributed by atoms with van der Waals surface area (Å²) >= 11 is 0. The second kappa shape index (κ2) is 5.76. The Labute approximate surface area is 162 Å². The molecule has 0 aliphatic heterocycles. The average molecular weight is 369 g/mol. The third-order valence-corrected chi connectivity index (χ3v) is 8.60. The normalized spacial score (nSPS) is 48.3. The summed E-state index contributed by atoms with van der Waals surface area (Å²) in [6.07, 6.45) is 10.9. The fourth-order valence-corrected chi connectivity index (χ4v) is 7.13. The van der Waals surface area contributed by atoms with E-state index in [1.807, 2.05) is 13.0 Å². The zero-order valence-electron chi connectivity index (χ0n) is 17.2. The summed E-state index contributed by atoms with van der Waals surface area (Å²) in [6, 6.07) is 0. The van der Waals surface area contributed by atoms with E-state index in [1.165, 1.54) is 11.1 Å². The standard InChI is InChI=1S/C24H32O3/c1-6-21(26)24(27)15(3)12-20-17-11-14(2)19-13-16(25)7-9-22(19,4)18(17)8-10-23(20,24)5/h7-9,13-15,17,20,27H,6,10-12H2,1-5H3/t14-,15+,17?,20?,22+,23-,24-/m0/s1. The van der Waals surface area contributed by atoms with Gasteiger partial charge >= 0.3 is 0 Å². The highest BCUT2D eigenvalue weighted by Crippen LogP contribution is 2.67. The summed E-state index contributed by atoms with van der Waals surface area (Å²) in [5.74, 6) is 1.07. The molecule has 2 unspecified atom stereocenters. The van der Waals surface area contributed by atoms with Gasteiger partial charge in [0.2, 0.25) is 0 Å². The summed E-state index contributed by atoms with van der Waals surface area (Å²) in [5, 5.41) is 11.6. The van der Waals surface area contributed by atoms with Gasteiger partial charge < -0.3 is 5.11 Å². The van der Waals surface area contributed by atoms with E-state index in [2.05, 4.69) is 39.8 Å². The van der Waals surface area contributed by atoms with Crippen LogP contribution in [-0.4, -0.2) is 22.3 Å². The van der Waals surface area contributed by atoms with Gasteiger partial charge in [-0.2, -0.15) is 0 Å². The van der Waals surface area contributed by atoms with Crippen LogP contribution in [0.15, 0.2) is 35.5 Å². The van der Waals surface area contributed by atoms with Crippen molar-refractivity contribution in [3.8, 4) is 0 Å². The smallest absolute Gasteiger partial charge is 0.178 e. The number of ketones is 2. The fraction of sp³-hybridized carbons (Fsp3) is 0.667. The Morgan fingerprint density at radius 2 is 1.93 bits per heavy atom. The molecule has 0 amide bonds. The van der Waals surface area contributed by atoms with Crippen molar-refractivity contribution in [2.24, 2.45) is 34.5 Å². The molecule has 4 aliphatic carbocycles. The quantitative estimate of drug-likeness (QED) is 0.734. The van der Waals surface area contributed by atoms with Crippen LogP contribution in [0.1, 0.15) is 60.3 Å². The molecule has 0 heterocycles. The van der Waals surface area contributed by atoms with E-state index in [0.29, 0.717) is 24.2 Å². The monoisotopic (exact) mass is 368 g/mol. The number of fused-ring (bicyclic) bond motifs is 5. The maximum absolute atomic E-state index is 12.8. The van der Waals surface area contributed by atoms with E-state index in [9.17, 15) is 14.7 Å². The van der Waals surface area contributed by atoms with Gasteiger partial charge in [-0.1, -0.05) is 45.4 Å². The SMILES string of the molecule is CCC(=O)[C@@]1(O)[C@H](C)CC2C3C[C@H](C)C4=CC(=O)C=C[C@]4(C)C3=CC[C@@]21C. The molecule has 0 aromatic carbocycles. The average Bonchev–Trinajstić information content (AvgIpc) is 2.84. The van der Waals surface area contributed by atoms with Gasteiger partial charge in [0.05, 0.1) is 0 Å². The lowest BCUT2D eigenvalue weighted by molar-refractivity contribution is -0.158. The summed E-state index contributed by atoms with van der Waals surface area (Å²) < 4.78 is 0. The lowest BCUT2D eigenvalue weighted by Gasteiger charge is -2.55. The van der Waals surface area contributed by atoms with Gasteiger partial charge in [0, 0.05) is 17.3 Å². The van der Waals surface area contributed by atoms with Gasteiger partial charge in [-0.05, 0) is 67.6 Å². The molecule has 3 nitrogen and oxygen atoms in total. The summed E-state index contributed by atoms with van der Waals surface area (Å²) in [4.78, 5) is 24.8. The third kappa shape index (κ3) is 2.18. The minimum atomic E-state index is -1.23. The Morgan fingerprint density at radius 3 is 2.59 bits per heavy atom. The molecule has 0 aromatic rings. The lowest BCUT2D eigenvalue weighted by Crippen LogP contribution is -2.56. The number of carbonyl (C=O) groups excluding carboxylic acids is 2. The Morgan fingerprint density at radius 1 is 1.22 bits per heavy atom. The van der Waals surface area contributed by atoms with E-state index >= 15 is 0 Å². The first-order chi connectivity index (χ1) is 12.6.